The second-order valence-electron chi connectivity index (χ2n) is 13.1. The third kappa shape index (κ3) is 5.10. The van der Waals surface area contributed by atoms with Gasteiger partial charge in [-0.05, 0) is 93.0 Å². The van der Waals surface area contributed by atoms with Crippen molar-refractivity contribution in [2.75, 3.05) is 13.2 Å². The van der Waals surface area contributed by atoms with Gasteiger partial charge in [0.1, 0.15) is 5.78 Å². The van der Waals surface area contributed by atoms with E-state index in [-0.39, 0.29) is 29.9 Å². The molecule has 0 radical (unpaired) electrons. The highest BCUT2D eigenvalue weighted by Crippen LogP contribution is 2.66. The highest BCUT2D eigenvalue weighted by atomic mass is 16.6. The number of aliphatic hydroxyl groups excluding tert-OH is 1. The predicted molar refractivity (Wildman–Crippen MR) is 140 cm³/mol. The summed E-state index contributed by atoms with van der Waals surface area (Å²) in [5.41, 5.74) is 1.62. The molecule has 3 saturated carbocycles. The zero-order valence-corrected chi connectivity index (χ0v) is 23.0. The zero-order valence-electron chi connectivity index (χ0n) is 23.0. The topological polar surface area (TPSA) is 125 Å². The number of nitrogens with zero attached hydrogens (tertiary/aromatic N) is 1. The van der Waals surface area contributed by atoms with Crippen LogP contribution in [0.2, 0.25) is 0 Å². The predicted octanol–water partition coefficient (Wildman–Crippen LogP) is 4.11. The fraction of sp³-hybridized carbons (Fsp3) is 0.793. The molecule has 0 spiro atoms. The number of hydrogen-bond donors (Lipinski definition) is 3. The first-order valence-corrected chi connectivity index (χ1v) is 13.9. The largest absolute Gasteiger partial charge is 0.479 e. The molecule has 8 heteroatoms. The average Bonchev–Trinajstić information content (AvgIpc) is 3.20. The van der Waals surface area contributed by atoms with Crippen LogP contribution in [0.25, 0.3) is 0 Å². The minimum atomic E-state index is -1.57. The summed E-state index contributed by atoms with van der Waals surface area (Å²) in [6.45, 7) is 9.50. The Morgan fingerprint density at radius 1 is 1.14 bits per heavy atom. The number of hydrogen-bond acceptors (Lipinski definition) is 6. The lowest BCUT2D eigenvalue weighted by Gasteiger charge is -2.58. The number of carboxylic acid groups (broad SMARTS) is 1. The molecule has 3 fully saturated rings. The van der Waals surface area contributed by atoms with Gasteiger partial charge in [-0.2, -0.15) is 0 Å². The molecule has 8 nitrogen and oxygen atoms in total. The van der Waals surface area contributed by atoms with Crippen LogP contribution in [0.1, 0.15) is 86.0 Å². The molecule has 7 unspecified atom stereocenters. The van der Waals surface area contributed by atoms with Crippen LogP contribution in [-0.2, 0) is 19.2 Å². The van der Waals surface area contributed by atoms with Gasteiger partial charge in [-0.1, -0.05) is 38.4 Å². The number of allylic oxidation sites excluding steroid dienone is 2. The van der Waals surface area contributed by atoms with Gasteiger partial charge in [-0.3, -0.25) is 9.59 Å². The molecule has 0 bridgehead atoms. The van der Waals surface area contributed by atoms with Crippen LogP contribution in [0.5, 0.6) is 0 Å². The summed E-state index contributed by atoms with van der Waals surface area (Å²) in [4.78, 5) is 40.9. The highest BCUT2D eigenvalue weighted by Gasteiger charge is 2.59. The first-order chi connectivity index (χ1) is 17.3. The molecule has 0 aromatic heterocycles. The van der Waals surface area contributed by atoms with Crippen LogP contribution in [-0.4, -0.2) is 52.8 Å². The van der Waals surface area contributed by atoms with Crippen molar-refractivity contribution in [2.45, 2.75) is 92.1 Å². The third-order valence-corrected chi connectivity index (χ3v) is 10.6. The van der Waals surface area contributed by atoms with Crippen molar-refractivity contribution < 1.29 is 29.4 Å². The van der Waals surface area contributed by atoms with Crippen molar-refractivity contribution in [2.24, 2.45) is 45.1 Å². The Hall–Kier alpha value is -2.22. The van der Waals surface area contributed by atoms with E-state index < -0.39 is 23.4 Å². The number of carboxylic acids is 1. The van der Waals surface area contributed by atoms with Gasteiger partial charge in [0, 0.05) is 17.9 Å². The summed E-state index contributed by atoms with van der Waals surface area (Å²) in [6.07, 6.45) is 9.23. The minimum absolute atomic E-state index is 0.0113. The van der Waals surface area contributed by atoms with Crippen molar-refractivity contribution in [1.82, 2.24) is 5.32 Å². The average molecular weight is 517 g/mol. The molecule has 0 aromatic rings. The number of Topliss-reactive ketones (excluding diaryl/α,β-unsaturated/α-hetero) is 1. The lowest BCUT2D eigenvalue weighted by Crippen LogP contribution is -2.51. The van der Waals surface area contributed by atoms with E-state index in [1.165, 1.54) is 24.8 Å². The lowest BCUT2D eigenvalue weighted by molar-refractivity contribution is -0.153. The van der Waals surface area contributed by atoms with E-state index in [0.29, 0.717) is 23.5 Å². The summed E-state index contributed by atoms with van der Waals surface area (Å²) >= 11 is 0. The van der Waals surface area contributed by atoms with Gasteiger partial charge >= 0.3 is 5.97 Å². The van der Waals surface area contributed by atoms with Crippen molar-refractivity contribution >= 4 is 23.4 Å². The smallest absolute Gasteiger partial charge is 0.333 e. The van der Waals surface area contributed by atoms with Crippen molar-refractivity contribution in [3.05, 3.63) is 11.6 Å². The van der Waals surface area contributed by atoms with Crippen LogP contribution < -0.4 is 5.32 Å². The van der Waals surface area contributed by atoms with Crippen LogP contribution in [0.4, 0.5) is 0 Å². The summed E-state index contributed by atoms with van der Waals surface area (Å²) in [5.74, 6) is 0.864. The second-order valence-corrected chi connectivity index (χ2v) is 13.1. The maximum Gasteiger partial charge on any atom is 0.333 e. The Morgan fingerprint density at radius 2 is 1.86 bits per heavy atom. The van der Waals surface area contributed by atoms with Crippen molar-refractivity contribution in [1.29, 1.82) is 0 Å². The normalized spacial score (nSPS) is 37.0. The maximum atomic E-state index is 12.4. The number of amides is 1. The van der Waals surface area contributed by atoms with E-state index in [0.717, 1.165) is 37.8 Å². The number of carbonyl (C=O) groups is 3. The van der Waals surface area contributed by atoms with E-state index in [4.69, 9.17) is 9.94 Å². The van der Waals surface area contributed by atoms with Gasteiger partial charge < -0.3 is 20.4 Å². The first-order valence-electron chi connectivity index (χ1n) is 13.9. The van der Waals surface area contributed by atoms with E-state index in [1.807, 2.05) is 0 Å². The SMILES string of the molecule is CC(=O)C1CCC2C3CCC4=CC(=NOCC(=O)NCC(C)(C)C(O)C(=O)O)CCC4(C)C3CCC12C. The number of rotatable bonds is 8. The molecule has 0 aliphatic heterocycles. The minimum Gasteiger partial charge on any atom is -0.479 e. The van der Waals surface area contributed by atoms with E-state index >= 15 is 0 Å². The summed E-state index contributed by atoms with van der Waals surface area (Å²) in [7, 11) is 0. The summed E-state index contributed by atoms with van der Waals surface area (Å²) < 4.78 is 0. The van der Waals surface area contributed by atoms with E-state index in [2.05, 4.69) is 30.4 Å². The Balaban J connectivity index is 1.35. The molecule has 4 aliphatic rings. The first kappa shape index (κ1) is 27.8. The molecule has 0 heterocycles. The van der Waals surface area contributed by atoms with Gasteiger partial charge in [0.25, 0.3) is 5.91 Å². The number of nitrogens with one attached hydrogen (secondary N) is 1. The van der Waals surface area contributed by atoms with Gasteiger partial charge in [-0.25, -0.2) is 4.79 Å². The number of oxime groups is 1. The van der Waals surface area contributed by atoms with Gasteiger partial charge in [0.2, 0.25) is 0 Å². The fourth-order valence-corrected chi connectivity index (χ4v) is 8.29. The molecule has 3 N–H and O–H groups in total. The second kappa shape index (κ2) is 10.2. The van der Waals surface area contributed by atoms with E-state index in [9.17, 15) is 19.5 Å². The maximum absolute atomic E-state index is 12.4. The van der Waals surface area contributed by atoms with Gasteiger partial charge in [-0.15, -0.1) is 0 Å². The number of carbonyl (C=O) groups excluding carboxylic acids is 2. The Morgan fingerprint density at radius 3 is 2.54 bits per heavy atom. The Bertz CT molecular complexity index is 1000. The van der Waals surface area contributed by atoms with E-state index in [1.54, 1.807) is 20.8 Å². The van der Waals surface area contributed by atoms with Crippen molar-refractivity contribution in [3.63, 3.8) is 0 Å². The van der Waals surface area contributed by atoms with Crippen molar-refractivity contribution in [3.8, 4) is 0 Å². The molecule has 1 amide bonds. The molecule has 4 aliphatic carbocycles. The third-order valence-electron chi connectivity index (χ3n) is 10.6. The monoisotopic (exact) mass is 516 g/mol. The molecule has 206 valence electrons. The van der Waals surface area contributed by atoms with Crippen LogP contribution in [0.15, 0.2) is 16.8 Å². The molecule has 7 atom stereocenters. The van der Waals surface area contributed by atoms with Crippen LogP contribution in [0.3, 0.4) is 0 Å². The van der Waals surface area contributed by atoms with Crippen LogP contribution in [0, 0.1) is 39.9 Å². The standard InChI is InChI=1S/C29H44N2O6/c1-17(32)21-8-9-22-20-7-6-18-14-19(10-12-28(18,4)23(20)11-13-29(21,22)5)31-37-15-24(33)30-16-27(2,3)25(34)26(35)36/h14,20-23,25,34H,6-13,15-16H2,1-5H3,(H,30,33)(H,35,36). The molecular weight excluding hydrogens is 472 g/mol. The number of aliphatic hydroxyl groups is 1. The number of ketones is 1. The zero-order chi connectivity index (χ0) is 27.2. The fourth-order valence-electron chi connectivity index (χ4n) is 8.29. The van der Waals surface area contributed by atoms with Gasteiger partial charge in [0.05, 0.1) is 5.71 Å². The molecule has 0 saturated heterocycles. The molecule has 37 heavy (non-hydrogen) atoms. The number of aliphatic carboxylic acids is 1. The lowest BCUT2D eigenvalue weighted by atomic mass is 9.46. The molecular formula is C29H44N2O6. The Labute approximate surface area is 220 Å². The molecule has 0 aromatic carbocycles. The molecule has 4 rings (SSSR count). The van der Waals surface area contributed by atoms with Gasteiger partial charge in [0.15, 0.2) is 12.7 Å². The Kier molecular flexibility index (Phi) is 7.63. The highest BCUT2D eigenvalue weighted by molar-refractivity contribution is 5.96. The van der Waals surface area contributed by atoms with Crippen LogP contribution >= 0.6 is 0 Å². The number of fused-ring (bicyclic) bond motifs is 5. The quantitative estimate of drug-likeness (QED) is 0.417. The summed E-state index contributed by atoms with van der Waals surface area (Å²) in [6, 6.07) is 0. The summed E-state index contributed by atoms with van der Waals surface area (Å²) in [5, 5.41) is 25.6.